The molecule has 2 heterocycles. The van der Waals surface area contributed by atoms with Gasteiger partial charge in [0.25, 0.3) is 11.8 Å². The summed E-state index contributed by atoms with van der Waals surface area (Å²) in [6.07, 6.45) is 2.78. The van der Waals surface area contributed by atoms with E-state index in [1.165, 1.54) is 4.90 Å². The van der Waals surface area contributed by atoms with Gasteiger partial charge in [0, 0.05) is 19.6 Å². The molecule has 1 saturated heterocycles. The molecule has 0 radical (unpaired) electrons. The van der Waals surface area contributed by atoms with Gasteiger partial charge in [-0.3, -0.25) is 14.5 Å². The number of rotatable bonds is 5. The van der Waals surface area contributed by atoms with Crippen LogP contribution < -0.4 is 0 Å². The number of carbonyl (C=O) groups excluding carboxylic acids is 2. The topological polar surface area (TPSA) is 40.6 Å². The number of likely N-dealkylation sites (tertiary alicyclic amines) is 1. The molecule has 4 rings (SSSR count). The van der Waals surface area contributed by atoms with E-state index >= 15 is 0 Å². The summed E-state index contributed by atoms with van der Waals surface area (Å²) < 4.78 is 0. The molecule has 0 aliphatic carbocycles. The molecule has 0 atom stereocenters. The second kappa shape index (κ2) is 8.01. The van der Waals surface area contributed by atoms with E-state index < -0.39 is 0 Å². The minimum absolute atomic E-state index is 0.144. The summed E-state index contributed by atoms with van der Waals surface area (Å²) in [6.45, 7) is 4.32. The van der Waals surface area contributed by atoms with E-state index in [1.807, 2.05) is 60.7 Å². The molecule has 4 heteroatoms. The summed E-state index contributed by atoms with van der Waals surface area (Å²) in [7, 11) is 0. The number of hydrogen-bond donors (Lipinski definition) is 0. The summed E-state index contributed by atoms with van der Waals surface area (Å²) >= 11 is 0. The third-order valence-corrected chi connectivity index (χ3v) is 5.77. The van der Waals surface area contributed by atoms with Crippen LogP contribution in [-0.2, 0) is 16.0 Å². The maximum Gasteiger partial charge on any atom is 0.277 e. The number of imide groups is 1. The Morgan fingerprint density at radius 2 is 1.46 bits per heavy atom. The highest BCUT2D eigenvalue weighted by Crippen LogP contribution is 2.33. The van der Waals surface area contributed by atoms with Crippen molar-refractivity contribution in [2.45, 2.75) is 26.2 Å². The van der Waals surface area contributed by atoms with Crippen LogP contribution in [0.15, 0.2) is 66.4 Å². The molecule has 0 bridgehead atoms. The summed E-state index contributed by atoms with van der Waals surface area (Å²) in [6, 6.07) is 19.6. The molecule has 0 N–H and O–H groups in total. The van der Waals surface area contributed by atoms with Crippen molar-refractivity contribution in [2.24, 2.45) is 5.92 Å². The van der Waals surface area contributed by atoms with E-state index in [0.717, 1.165) is 37.1 Å². The molecular formula is C24H26N2O2. The number of piperidine rings is 1. The van der Waals surface area contributed by atoms with Gasteiger partial charge in [-0.15, -0.1) is 0 Å². The standard InChI is InChI=1S/C24H26N2O2/c1-18-12-15-25(16-13-18)22-21(20-10-6-3-7-11-20)23(27)26(24(22)28)17-14-19-8-4-2-5-9-19/h2-11,18H,12-17H2,1H3. The van der Waals surface area contributed by atoms with E-state index in [9.17, 15) is 9.59 Å². The van der Waals surface area contributed by atoms with Gasteiger partial charge in [0.1, 0.15) is 5.70 Å². The number of amides is 2. The molecule has 144 valence electrons. The monoisotopic (exact) mass is 374 g/mol. The lowest BCUT2D eigenvalue weighted by molar-refractivity contribution is -0.137. The summed E-state index contributed by atoms with van der Waals surface area (Å²) in [5, 5.41) is 0. The third kappa shape index (κ3) is 3.59. The van der Waals surface area contributed by atoms with Gasteiger partial charge in [-0.1, -0.05) is 67.6 Å². The number of nitrogens with zero attached hydrogens (tertiary/aromatic N) is 2. The van der Waals surface area contributed by atoms with Crippen LogP contribution in [0, 0.1) is 5.92 Å². The zero-order valence-corrected chi connectivity index (χ0v) is 16.3. The molecule has 4 nitrogen and oxygen atoms in total. The van der Waals surface area contributed by atoms with Crippen molar-refractivity contribution in [3.63, 3.8) is 0 Å². The third-order valence-electron chi connectivity index (χ3n) is 5.77. The highest BCUT2D eigenvalue weighted by atomic mass is 16.2. The molecule has 28 heavy (non-hydrogen) atoms. The Balaban J connectivity index is 1.63. The molecule has 0 spiro atoms. The van der Waals surface area contributed by atoms with Crippen LogP contribution in [-0.4, -0.2) is 41.2 Å². The fourth-order valence-corrected chi connectivity index (χ4v) is 4.04. The molecule has 2 aliphatic heterocycles. The van der Waals surface area contributed by atoms with Crippen LogP contribution >= 0.6 is 0 Å². The summed E-state index contributed by atoms with van der Waals surface area (Å²) in [5.41, 5.74) is 3.12. The zero-order valence-electron chi connectivity index (χ0n) is 16.3. The number of hydrogen-bond acceptors (Lipinski definition) is 3. The molecule has 1 fully saturated rings. The van der Waals surface area contributed by atoms with Crippen molar-refractivity contribution in [1.29, 1.82) is 0 Å². The van der Waals surface area contributed by atoms with Crippen molar-refractivity contribution < 1.29 is 9.59 Å². The first-order valence-corrected chi connectivity index (χ1v) is 10.1. The molecular weight excluding hydrogens is 348 g/mol. The van der Waals surface area contributed by atoms with Crippen LogP contribution in [0.4, 0.5) is 0 Å². The van der Waals surface area contributed by atoms with Crippen LogP contribution in [0.2, 0.25) is 0 Å². The Hall–Kier alpha value is -2.88. The van der Waals surface area contributed by atoms with E-state index in [4.69, 9.17) is 0 Å². The van der Waals surface area contributed by atoms with Gasteiger partial charge >= 0.3 is 0 Å². The first-order valence-electron chi connectivity index (χ1n) is 10.1. The predicted octanol–water partition coefficient (Wildman–Crippen LogP) is 3.74. The normalized spacial score (nSPS) is 18.3. The van der Waals surface area contributed by atoms with Crippen molar-refractivity contribution in [1.82, 2.24) is 9.80 Å². The van der Waals surface area contributed by atoms with Crippen LogP contribution in [0.3, 0.4) is 0 Å². The highest BCUT2D eigenvalue weighted by molar-refractivity contribution is 6.35. The summed E-state index contributed by atoms with van der Waals surface area (Å²) in [4.78, 5) is 30.1. The van der Waals surface area contributed by atoms with Gasteiger partial charge in [0.05, 0.1) is 5.57 Å². The van der Waals surface area contributed by atoms with Crippen molar-refractivity contribution in [2.75, 3.05) is 19.6 Å². The quantitative estimate of drug-likeness (QED) is 0.749. The second-order valence-electron chi connectivity index (χ2n) is 7.76. The molecule has 0 aromatic heterocycles. The molecule has 2 amide bonds. The van der Waals surface area contributed by atoms with Crippen LogP contribution in [0.5, 0.6) is 0 Å². The zero-order chi connectivity index (χ0) is 19.5. The maximum absolute atomic E-state index is 13.3. The first kappa shape index (κ1) is 18.5. The van der Waals surface area contributed by atoms with Crippen molar-refractivity contribution in [3.8, 4) is 0 Å². The molecule has 0 saturated carbocycles. The van der Waals surface area contributed by atoms with Crippen molar-refractivity contribution in [3.05, 3.63) is 77.5 Å². The first-order chi connectivity index (χ1) is 13.6. The molecule has 2 aromatic carbocycles. The van der Waals surface area contributed by atoms with E-state index in [0.29, 0.717) is 30.2 Å². The van der Waals surface area contributed by atoms with E-state index in [-0.39, 0.29) is 11.8 Å². The van der Waals surface area contributed by atoms with Crippen LogP contribution in [0.1, 0.15) is 30.9 Å². The Morgan fingerprint density at radius 3 is 2.11 bits per heavy atom. The van der Waals surface area contributed by atoms with Crippen LogP contribution in [0.25, 0.3) is 5.57 Å². The average molecular weight is 374 g/mol. The molecule has 2 aromatic rings. The second-order valence-corrected chi connectivity index (χ2v) is 7.76. The lowest BCUT2D eigenvalue weighted by atomic mass is 9.97. The average Bonchev–Trinajstić information content (AvgIpc) is 2.98. The van der Waals surface area contributed by atoms with Gasteiger partial charge in [0.15, 0.2) is 0 Å². The summed E-state index contributed by atoms with van der Waals surface area (Å²) in [5.74, 6) is 0.355. The van der Waals surface area contributed by atoms with E-state index in [2.05, 4.69) is 11.8 Å². The minimum Gasteiger partial charge on any atom is -0.366 e. The van der Waals surface area contributed by atoms with Gasteiger partial charge < -0.3 is 4.90 Å². The number of carbonyl (C=O) groups is 2. The predicted molar refractivity (Wildman–Crippen MR) is 110 cm³/mol. The van der Waals surface area contributed by atoms with Gasteiger partial charge in [-0.25, -0.2) is 0 Å². The largest absolute Gasteiger partial charge is 0.366 e. The Morgan fingerprint density at radius 1 is 0.857 bits per heavy atom. The van der Waals surface area contributed by atoms with Gasteiger partial charge in [-0.05, 0) is 36.3 Å². The minimum atomic E-state index is -0.166. The molecule has 2 aliphatic rings. The maximum atomic E-state index is 13.3. The smallest absolute Gasteiger partial charge is 0.277 e. The Kier molecular flexibility index (Phi) is 5.29. The molecule has 0 unspecified atom stereocenters. The van der Waals surface area contributed by atoms with Crippen molar-refractivity contribution >= 4 is 17.4 Å². The fourth-order valence-electron chi connectivity index (χ4n) is 4.04. The van der Waals surface area contributed by atoms with Gasteiger partial charge in [0.2, 0.25) is 0 Å². The SMILES string of the molecule is CC1CCN(C2=C(c3ccccc3)C(=O)N(CCc3ccccc3)C2=O)CC1. The fraction of sp³-hybridized carbons (Fsp3) is 0.333. The highest BCUT2D eigenvalue weighted by Gasteiger charge is 2.41. The Labute approximate surface area is 166 Å². The Bertz CT molecular complexity index is 881. The number of benzene rings is 2. The lowest BCUT2D eigenvalue weighted by Gasteiger charge is -2.32. The lowest BCUT2D eigenvalue weighted by Crippen LogP contribution is -2.39. The van der Waals surface area contributed by atoms with E-state index in [1.54, 1.807) is 0 Å². The van der Waals surface area contributed by atoms with Gasteiger partial charge in [-0.2, -0.15) is 0 Å².